The Morgan fingerprint density at radius 1 is 1.35 bits per heavy atom. The monoisotopic (exact) mass is 373 g/mol. The standard InChI is InChI=1S/C20H24ClN3O2/c1-23-12-15(11-22-23)9-18-19(26-13-14-5-6-14)7-8-24(18)20(25)16-3-2-4-17(21)10-16/h2-4,10-12,14,18-19H,5-9,13H2,1H3/t18-,19+/m0/s1. The number of benzene rings is 1. The molecule has 1 aromatic heterocycles. The lowest BCUT2D eigenvalue weighted by Gasteiger charge is -2.28. The van der Waals surface area contributed by atoms with Crippen LogP contribution in [0, 0.1) is 5.92 Å². The first-order valence-electron chi connectivity index (χ1n) is 9.26. The number of rotatable bonds is 6. The van der Waals surface area contributed by atoms with Crippen molar-refractivity contribution in [3.8, 4) is 0 Å². The third kappa shape index (κ3) is 3.94. The molecule has 2 atom stereocenters. The highest BCUT2D eigenvalue weighted by Gasteiger charge is 2.39. The summed E-state index contributed by atoms with van der Waals surface area (Å²) >= 11 is 6.08. The molecule has 2 aliphatic rings. The summed E-state index contributed by atoms with van der Waals surface area (Å²) in [6.07, 6.45) is 8.14. The van der Waals surface area contributed by atoms with Crippen LogP contribution in [0.4, 0.5) is 0 Å². The Morgan fingerprint density at radius 2 is 2.19 bits per heavy atom. The summed E-state index contributed by atoms with van der Waals surface area (Å²) in [7, 11) is 1.91. The molecule has 1 aliphatic heterocycles. The summed E-state index contributed by atoms with van der Waals surface area (Å²) in [5.74, 6) is 0.741. The van der Waals surface area contributed by atoms with Crippen LogP contribution in [0.1, 0.15) is 35.2 Å². The summed E-state index contributed by atoms with van der Waals surface area (Å²) in [6, 6.07) is 7.21. The summed E-state index contributed by atoms with van der Waals surface area (Å²) in [5, 5.41) is 4.85. The first-order valence-corrected chi connectivity index (χ1v) is 9.63. The van der Waals surface area contributed by atoms with Gasteiger partial charge in [-0.15, -0.1) is 0 Å². The van der Waals surface area contributed by atoms with Gasteiger partial charge in [0.15, 0.2) is 0 Å². The van der Waals surface area contributed by atoms with Gasteiger partial charge in [0, 0.05) is 37.0 Å². The van der Waals surface area contributed by atoms with E-state index in [1.165, 1.54) is 12.8 Å². The molecule has 0 unspecified atom stereocenters. The van der Waals surface area contributed by atoms with Gasteiger partial charge in [-0.1, -0.05) is 17.7 Å². The van der Waals surface area contributed by atoms with Crippen LogP contribution in [-0.2, 0) is 18.2 Å². The molecule has 1 saturated carbocycles. The van der Waals surface area contributed by atoms with Crippen molar-refractivity contribution in [3.05, 3.63) is 52.8 Å². The molecule has 0 radical (unpaired) electrons. The Kier molecular flexibility index (Phi) is 5.00. The van der Waals surface area contributed by atoms with E-state index in [1.54, 1.807) is 16.8 Å². The van der Waals surface area contributed by atoms with Crippen molar-refractivity contribution in [3.63, 3.8) is 0 Å². The molecular weight excluding hydrogens is 350 g/mol. The van der Waals surface area contributed by atoms with E-state index in [9.17, 15) is 4.79 Å². The van der Waals surface area contributed by atoms with E-state index in [0.29, 0.717) is 23.0 Å². The van der Waals surface area contributed by atoms with Crippen molar-refractivity contribution in [1.82, 2.24) is 14.7 Å². The fourth-order valence-corrected chi connectivity index (χ4v) is 3.85. The van der Waals surface area contributed by atoms with E-state index < -0.39 is 0 Å². The van der Waals surface area contributed by atoms with Crippen LogP contribution >= 0.6 is 11.6 Å². The second-order valence-corrected chi connectivity index (χ2v) is 7.84. The van der Waals surface area contributed by atoms with Crippen molar-refractivity contribution >= 4 is 17.5 Å². The lowest BCUT2D eigenvalue weighted by Crippen LogP contribution is -2.42. The maximum atomic E-state index is 13.1. The van der Waals surface area contributed by atoms with Crippen molar-refractivity contribution < 1.29 is 9.53 Å². The molecule has 1 amide bonds. The highest BCUT2D eigenvalue weighted by Crippen LogP contribution is 2.32. The van der Waals surface area contributed by atoms with Crippen LogP contribution in [0.25, 0.3) is 0 Å². The molecule has 5 nitrogen and oxygen atoms in total. The zero-order chi connectivity index (χ0) is 18.1. The molecule has 1 saturated heterocycles. The van der Waals surface area contributed by atoms with Crippen molar-refractivity contribution in [1.29, 1.82) is 0 Å². The van der Waals surface area contributed by atoms with Gasteiger partial charge in [-0.05, 0) is 55.4 Å². The predicted molar refractivity (Wildman–Crippen MR) is 100 cm³/mol. The number of halogens is 1. The quantitative estimate of drug-likeness (QED) is 0.780. The van der Waals surface area contributed by atoms with Gasteiger partial charge in [0.05, 0.1) is 18.3 Å². The normalized spacial score (nSPS) is 22.8. The molecule has 0 N–H and O–H groups in total. The Labute approximate surface area is 158 Å². The molecule has 6 heteroatoms. The smallest absolute Gasteiger partial charge is 0.254 e. The molecular formula is C20H24ClN3O2. The molecule has 0 bridgehead atoms. The topological polar surface area (TPSA) is 47.4 Å². The number of carbonyl (C=O) groups is 1. The summed E-state index contributed by atoms with van der Waals surface area (Å²) in [6.45, 7) is 1.53. The third-order valence-electron chi connectivity index (χ3n) is 5.26. The Hall–Kier alpha value is -1.85. The van der Waals surface area contributed by atoms with Crippen LogP contribution in [0.3, 0.4) is 0 Å². The molecule has 2 heterocycles. The number of amides is 1. The zero-order valence-electron chi connectivity index (χ0n) is 15.0. The van der Waals surface area contributed by atoms with Gasteiger partial charge in [0.25, 0.3) is 5.91 Å². The van der Waals surface area contributed by atoms with Gasteiger partial charge in [0.2, 0.25) is 0 Å². The second kappa shape index (κ2) is 7.41. The molecule has 1 aliphatic carbocycles. The maximum Gasteiger partial charge on any atom is 0.254 e. The lowest BCUT2D eigenvalue weighted by atomic mass is 10.0. The Bertz CT molecular complexity index is 787. The fraction of sp³-hybridized carbons (Fsp3) is 0.500. The van der Waals surface area contributed by atoms with E-state index >= 15 is 0 Å². The van der Waals surface area contributed by atoms with Crippen LogP contribution in [-0.4, -0.2) is 45.9 Å². The van der Waals surface area contributed by atoms with Gasteiger partial charge in [-0.3, -0.25) is 9.48 Å². The van der Waals surface area contributed by atoms with Crippen LogP contribution in [0.5, 0.6) is 0 Å². The molecule has 2 fully saturated rings. The summed E-state index contributed by atoms with van der Waals surface area (Å²) < 4.78 is 8.01. The van der Waals surface area contributed by atoms with Gasteiger partial charge < -0.3 is 9.64 Å². The van der Waals surface area contributed by atoms with E-state index in [-0.39, 0.29) is 18.1 Å². The average molecular weight is 374 g/mol. The minimum absolute atomic E-state index is 0.0268. The lowest BCUT2D eigenvalue weighted by molar-refractivity contribution is 0.0200. The number of hydrogen-bond acceptors (Lipinski definition) is 3. The largest absolute Gasteiger partial charge is 0.376 e. The van der Waals surface area contributed by atoms with Crippen LogP contribution in [0.2, 0.25) is 5.02 Å². The second-order valence-electron chi connectivity index (χ2n) is 7.41. The maximum absolute atomic E-state index is 13.1. The molecule has 0 spiro atoms. The van der Waals surface area contributed by atoms with Crippen LogP contribution < -0.4 is 0 Å². The number of carbonyl (C=O) groups excluding carboxylic acids is 1. The van der Waals surface area contributed by atoms with E-state index in [0.717, 1.165) is 25.0 Å². The van der Waals surface area contributed by atoms with Gasteiger partial charge >= 0.3 is 0 Å². The molecule has 1 aromatic carbocycles. The first kappa shape index (κ1) is 17.6. The van der Waals surface area contributed by atoms with Crippen molar-refractivity contribution in [2.24, 2.45) is 13.0 Å². The summed E-state index contributed by atoms with van der Waals surface area (Å²) in [5.41, 5.74) is 1.76. The van der Waals surface area contributed by atoms with Crippen LogP contribution in [0.15, 0.2) is 36.7 Å². The number of aromatic nitrogens is 2. The number of aryl methyl sites for hydroxylation is 1. The summed E-state index contributed by atoms with van der Waals surface area (Å²) in [4.78, 5) is 15.0. The van der Waals surface area contributed by atoms with Crippen molar-refractivity contribution in [2.45, 2.75) is 37.8 Å². The predicted octanol–water partition coefficient (Wildman–Crippen LogP) is 3.33. The number of nitrogens with zero attached hydrogens (tertiary/aromatic N) is 3. The molecule has 138 valence electrons. The van der Waals surface area contributed by atoms with Gasteiger partial charge in [0.1, 0.15) is 0 Å². The highest BCUT2D eigenvalue weighted by atomic mass is 35.5. The third-order valence-corrected chi connectivity index (χ3v) is 5.50. The molecule has 2 aromatic rings. The average Bonchev–Trinajstić information content (AvgIpc) is 3.25. The minimum atomic E-state index is 0.0268. The Balaban J connectivity index is 1.53. The van der Waals surface area contributed by atoms with E-state index in [2.05, 4.69) is 5.10 Å². The number of ether oxygens (including phenoxy) is 1. The van der Waals surface area contributed by atoms with E-state index in [1.807, 2.05) is 36.5 Å². The zero-order valence-corrected chi connectivity index (χ0v) is 15.7. The minimum Gasteiger partial charge on any atom is -0.376 e. The van der Waals surface area contributed by atoms with Gasteiger partial charge in [-0.25, -0.2) is 0 Å². The SMILES string of the molecule is Cn1cc(C[C@H]2[C@H](OCC3CC3)CCN2C(=O)c2cccc(Cl)c2)cn1. The highest BCUT2D eigenvalue weighted by molar-refractivity contribution is 6.30. The molecule has 26 heavy (non-hydrogen) atoms. The Morgan fingerprint density at radius 3 is 2.88 bits per heavy atom. The van der Waals surface area contributed by atoms with Gasteiger partial charge in [-0.2, -0.15) is 5.10 Å². The van der Waals surface area contributed by atoms with Crippen molar-refractivity contribution in [2.75, 3.05) is 13.2 Å². The number of hydrogen-bond donors (Lipinski definition) is 0. The number of likely N-dealkylation sites (tertiary alicyclic amines) is 1. The fourth-order valence-electron chi connectivity index (χ4n) is 3.66. The molecule has 4 rings (SSSR count). The van der Waals surface area contributed by atoms with E-state index in [4.69, 9.17) is 16.3 Å². The first-order chi connectivity index (χ1) is 12.6.